The lowest BCUT2D eigenvalue weighted by Crippen LogP contribution is -2.43. The average molecular weight is 643 g/mol. The average Bonchev–Trinajstić information content (AvgIpc) is 3.49. The van der Waals surface area contributed by atoms with Gasteiger partial charge in [-0.2, -0.15) is 4.98 Å². The minimum atomic E-state index is -2.02. The highest BCUT2D eigenvalue weighted by Crippen LogP contribution is 2.41. The van der Waals surface area contributed by atoms with Gasteiger partial charge in [0.1, 0.15) is 13.9 Å². The van der Waals surface area contributed by atoms with Crippen molar-refractivity contribution in [1.82, 2.24) is 25.2 Å². The van der Waals surface area contributed by atoms with Crippen molar-refractivity contribution in [2.75, 3.05) is 43.2 Å². The van der Waals surface area contributed by atoms with Crippen molar-refractivity contribution in [3.05, 3.63) is 42.1 Å². The standard InChI is InChI=1S/C35H50N8O2Si/c1-23(2)46(24(3)4,25(5)6)19-18-26-20-31(40-35(45)38-27-12-10-11-13-27)39-33-30(26)21-36-34(41-33)37-28-14-16-29(17-15-28)43(9)32(44)22-42(7)8/h14-17,20-21,23-25,27H,10-13,22H2,1-9H3,(H3,36,37,38,39,40,41,45). The molecule has 2 heterocycles. The van der Waals surface area contributed by atoms with Crippen molar-refractivity contribution in [1.29, 1.82) is 0 Å². The molecule has 46 heavy (non-hydrogen) atoms. The molecule has 11 heteroatoms. The summed E-state index contributed by atoms with van der Waals surface area (Å²) in [6.45, 7) is 14.1. The molecule has 1 aliphatic carbocycles. The van der Waals surface area contributed by atoms with E-state index in [-0.39, 0.29) is 18.0 Å². The molecule has 3 amide bonds. The van der Waals surface area contributed by atoms with Crippen molar-refractivity contribution >= 4 is 54.2 Å². The molecule has 1 saturated carbocycles. The summed E-state index contributed by atoms with van der Waals surface area (Å²) in [4.78, 5) is 42.9. The fourth-order valence-electron chi connectivity index (χ4n) is 6.67. The number of benzene rings is 1. The van der Waals surface area contributed by atoms with Gasteiger partial charge in [0, 0.05) is 36.2 Å². The molecule has 3 N–H and O–H groups in total. The van der Waals surface area contributed by atoms with Gasteiger partial charge in [-0.25, -0.2) is 14.8 Å². The maximum absolute atomic E-state index is 12.9. The SMILES string of the molecule is CC(C)[Si](C#Cc1cc(NC(=O)NC2CCCC2)nc2nc(Nc3ccc(N(C)C(=O)CN(C)C)cc3)ncc12)(C(C)C)C(C)C. The van der Waals surface area contributed by atoms with Crippen LogP contribution in [-0.4, -0.2) is 73.6 Å². The molecular formula is C35H50N8O2Si. The Morgan fingerprint density at radius 2 is 1.59 bits per heavy atom. The van der Waals surface area contributed by atoms with Crippen LogP contribution >= 0.6 is 0 Å². The Labute approximate surface area is 275 Å². The highest BCUT2D eigenvalue weighted by Gasteiger charge is 2.41. The van der Waals surface area contributed by atoms with Crippen LogP contribution in [0.4, 0.5) is 27.9 Å². The first-order valence-electron chi connectivity index (χ1n) is 16.4. The van der Waals surface area contributed by atoms with E-state index in [9.17, 15) is 9.59 Å². The van der Waals surface area contributed by atoms with Crippen LogP contribution < -0.4 is 20.9 Å². The molecule has 1 aliphatic rings. The maximum atomic E-state index is 12.9. The number of fused-ring (bicyclic) bond motifs is 1. The molecule has 3 aromatic rings. The van der Waals surface area contributed by atoms with Gasteiger partial charge < -0.3 is 20.4 Å². The number of rotatable bonds is 10. The third-order valence-electron chi connectivity index (χ3n) is 9.11. The molecule has 2 aromatic heterocycles. The van der Waals surface area contributed by atoms with Gasteiger partial charge >= 0.3 is 6.03 Å². The van der Waals surface area contributed by atoms with Crippen LogP contribution in [0.2, 0.25) is 16.6 Å². The minimum Gasteiger partial charge on any atom is -0.335 e. The summed E-state index contributed by atoms with van der Waals surface area (Å²) in [6, 6.07) is 9.27. The third kappa shape index (κ3) is 8.22. The molecular weight excluding hydrogens is 593 g/mol. The summed E-state index contributed by atoms with van der Waals surface area (Å²) >= 11 is 0. The number of pyridine rings is 1. The van der Waals surface area contributed by atoms with Gasteiger partial charge in [-0.15, -0.1) is 5.54 Å². The fourth-order valence-corrected chi connectivity index (χ4v) is 11.9. The number of amides is 3. The molecule has 0 unspecified atom stereocenters. The van der Waals surface area contributed by atoms with E-state index in [4.69, 9.17) is 9.97 Å². The number of nitrogens with one attached hydrogen (secondary N) is 3. The Morgan fingerprint density at radius 1 is 0.957 bits per heavy atom. The number of nitrogens with zero attached hydrogens (tertiary/aromatic N) is 5. The monoisotopic (exact) mass is 642 g/mol. The van der Waals surface area contributed by atoms with E-state index in [0.29, 0.717) is 40.6 Å². The molecule has 0 spiro atoms. The zero-order valence-corrected chi connectivity index (χ0v) is 29.9. The molecule has 0 bridgehead atoms. The Morgan fingerprint density at radius 3 is 2.17 bits per heavy atom. The second-order valence-corrected chi connectivity index (χ2v) is 19.2. The molecule has 4 rings (SSSR count). The van der Waals surface area contributed by atoms with E-state index < -0.39 is 8.07 Å². The van der Waals surface area contributed by atoms with Crippen LogP contribution in [0.25, 0.3) is 11.0 Å². The first-order chi connectivity index (χ1) is 21.8. The number of likely N-dealkylation sites (N-methyl/N-ethyl adjacent to an activating group) is 2. The molecule has 1 fully saturated rings. The summed E-state index contributed by atoms with van der Waals surface area (Å²) in [5.41, 5.74) is 7.98. The normalized spacial score (nSPS) is 13.8. The minimum absolute atomic E-state index is 0.00461. The van der Waals surface area contributed by atoms with Gasteiger partial charge in [-0.05, 0) is 73.9 Å². The lowest BCUT2D eigenvalue weighted by Gasteiger charge is -2.38. The van der Waals surface area contributed by atoms with Crippen molar-refractivity contribution in [3.8, 4) is 11.5 Å². The Bertz CT molecular complexity index is 1570. The van der Waals surface area contributed by atoms with E-state index >= 15 is 0 Å². The molecule has 1 aromatic carbocycles. The Hall–Kier alpha value is -4.01. The van der Waals surface area contributed by atoms with Gasteiger partial charge in [-0.1, -0.05) is 60.3 Å². The summed E-state index contributed by atoms with van der Waals surface area (Å²) in [5, 5.41) is 10.00. The lowest BCUT2D eigenvalue weighted by atomic mass is 10.2. The second kappa shape index (κ2) is 15.1. The zero-order chi connectivity index (χ0) is 33.6. The van der Waals surface area contributed by atoms with Gasteiger partial charge in [0.25, 0.3) is 0 Å². The fraction of sp³-hybridized carbons (Fsp3) is 0.514. The van der Waals surface area contributed by atoms with Crippen LogP contribution in [0.3, 0.4) is 0 Å². The van der Waals surface area contributed by atoms with Gasteiger partial charge in [0.2, 0.25) is 11.9 Å². The van der Waals surface area contributed by atoms with Crippen molar-refractivity contribution in [2.24, 2.45) is 0 Å². The second-order valence-electron chi connectivity index (χ2n) is 13.6. The van der Waals surface area contributed by atoms with Crippen LogP contribution in [0.5, 0.6) is 0 Å². The molecule has 0 atom stereocenters. The largest absolute Gasteiger partial charge is 0.335 e. The molecule has 246 valence electrons. The number of urea groups is 1. The predicted octanol–water partition coefficient (Wildman–Crippen LogP) is 6.93. The number of hydrogen-bond donors (Lipinski definition) is 3. The summed E-state index contributed by atoms with van der Waals surface area (Å²) in [7, 11) is 3.48. The first-order valence-corrected chi connectivity index (χ1v) is 18.6. The number of hydrogen-bond acceptors (Lipinski definition) is 7. The smallest absolute Gasteiger partial charge is 0.320 e. The number of carbonyl (C=O) groups excluding carboxylic acids is 2. The van der Waals surface area contributed by atoms with Crippen molar-refractivity contribution in [3.63, 3.8) is 0 Å². The number of aromatic nitrogens is 3. The van der Waals surface area contributed by atoms with E-state index in [1.54, 1.807) is 18.1 Å². The molecule has 10 nitrogen and oxygen atoms in total. The van der Waals surface area contributed by atoms with Crippen molar-refractivity contribution in [2.45, 2.75) is 89.9 Å². The Balaban J connectivity index is 1.68. The highest BCUT2D eigenvalue weighted by atomic mass is 28.3. The molecule has 0 saturated heterocycles. The van der Waals surface area contributed by atoms with Gasteiger partial charge in [0.05, 0.1) is 11.9 Å². The van der Waals surface area contributed by atoms with Gasteiger partial charge in [-0.3, -0.25) is 10.1 Å². The summed E-state index contributed by atoms with van der Waals surface area (Å²) < 4.78 is 0. The first kappa shape index (κ1) is 34.9. The molecule has 0 radical (unpaired) electrons. The van der Waals surface area contributed by atoms with E-state index in [0.717, 1.165) is 48.0 Å². The van der Waals surface area contributed by atoms with Crippen molar-refractivity contribution < 1.29 is 9.59 Å². The number of carbonyl (C=O) groups is 2. The summed E-state index contributed by atoms with van der Waals surface area (Å²) in [6.07, 6.45) is 6.00. The third-order valence-corrected chi connectivity index (χ3v) is 15.4. The topological polar surface area (TPSA) is 115 Å². The number of anilines is 4. The van der Waals surface area contributed by atoms with E-state index in [2.05, 4.69) is 73.9 Å². The van der Waals surface area contributed by atoms with Crippen LogP contribution in [-0.2, 0) is 4.79 Å². The zero-order valence-electron chi connectivity index (χ0n) is 28.9. The van der Waals surface area contributed by atoms with E-state index in [1.807, 2.05) is 49.3 Å². The summed E-state index contributed by atoms with van der Waals surface area (Å²) in [5.74, 6) is 4.30. The Kier molecular flexibility index (Phi) is 11.4. The quantitative estimate of drug-likeness (QED) is 0.162. The van der Waals surface area contributed by atoms with Crippen LogP contribution in [0.1, 0.15) is 72.8 Å². The molecule has 0 aliphatic heterocycles. The highest BCUT2D eigenvalue weighted by molar-refractivity contribution is 6.90. The van der Waals surface area contributed by atoms with Gasteiger partial charge in [0.15, 0.2) is 5.65 Å². The van der Waals surface area contributed by atoms with Crippen LogP contribution in [0.15, 0.2) is 36.5 Å². The maximum Gasteiger partial charge on any atom is 0.320 e. The predicted molar refractivity (Wildman–Crippen MR) is 191 cm³/mol. The van der Waals surface area contributed by atoms with E-state index in [1.165, 1.54) is 0 Å². The lowest BCUT2D eigenvalue weighted by molar-refractivity contribution is -0.118. The van der Waals surface area contributed by atoms with Crippen LogP contribution in [0, 0.1) is 11.5 Å².